The average molecular weight is 285 g/mol. The molecule has 1 amide bonds. The number of carbonyl (C=O) groups is 1. The van der Waals surface area contributed by atoms with Crippen LogP contribution in [-0.2, 0) is 4.79 Å². The van der Waals surface area contributed by atoms with Crippen molar-refractivity contribution in [3.8, 4) is 11.4 Å². The summed E-state index contributed by atoms with van der Waals surface area (Å²) in [6.45, 7) is 3.68. The van der Waals surface area contributed by atoms with Crippen LogP contribution in [0, 0.1) is 12.8 Å². The molecule has 0 spiro atoms. The van der Waals surface area contributed by atoms with Crippen molar-refractivity contribution in [2.24, 2.45) is 5.92 Å². The van der Waals surface area contributed by atoms with E-state index in [0.717, 1.165) is 43.0 Å². The van der Waals surface area contributed by atoms with Crippen LogP contribution in [0.15, 0.2) is 24.3 Å². The Morgan fingerprint density at radius 2 is 2.14 bits per heavy atom. The highest BCUT2D eigenvalue weighted by atomic mass is 16.1. The van der Waals surface area contributed by atoms with Crippen LogP contribution in [0.4, 0.5) is 5.69 Å². The van der Waals surface area contributed by atoms with Gasteiger partial charge in [0.25, 0.3) is 0 Å². The first kappa shape index (κ1) is 13.8. The van der Waals surface area contributed by atoms with Gasteiger partial charge in [-0.1, -0.05) is 12.1 Å². The number of nitrogens with one attached hydrogen (secondary N) is 3. The van der Waals surface area contributed by atoms with Gasteiger partial charge in [-0.25, -0.2) is 4.98 Å². The second kappa shape index (κ2) is 6.05. The lowest BCUT2D eigenvalue weighted by atomic mass is 9.97. The van der Waals surface area contributed by atoms with Crippen LogP contribution in [0.5, 0.6) is 0 Å². The van der Waals surface area contributed by atoms with Crippen LogP contribution in [-0.4, -0.2) is 34.2 Å². The molecule has 1 aliphatic heterocycles. The van der Waals surface area contributed by atoms with E-state index in [2.05, 4.69) is 25.8 Å². The van der Waals surface area contributed by atoms with E-state index >= 15 is 0 Å². The molecule has 1 aromatic carbocycles. The number of anilines is 1. The van der Waals surface area contributed by atoms with Gasteiger partial charge in [0.2, 0.25) is 5.91 Å². The van der Waals surface area contributed by atoms with Gasteiger partial charge in [0.05, 0.1) is 0 Å². The molecule has 1 fully saturated rings. The van der Waals surface area contributed by atoms with E-state index in [4.69, 9.17) is 0 Å². The summed E-state index contributed by atoms with van der Waals surface area (Å²) in [4.78, 5) is 16.5. The van der Waals surface area contributed by atoms with Gasteiger partial charge in [0.15, 0.2) is 5.82 Å². The number of carbonyl (C=O) groups excluding carboxylic acids is 1. The first-order chi connectivity index (χ1) is 10.2. The van der Waals surface area contributed by atoms with E-state index in [0.29, 0.717) is 5.82 Å². The number of nitrogens with zero attached hydrogens (tertiary/aromatic N) is 2. The first-order valence-corrected chi connectivity index (χ1v) is 7.23. The van der Waals surface area contributed by atoms with Crippen molar-refractivity contribution in [1.29, 1.82) is 0 Å². The molecule has 0 atom stereocenters. The molecule has 1 aliphatic rings. The molecule has 2 heterocycles. The number of aromatic amines is 1. The summed E-state index contributed by atoms with van der Waals surface area (Å²) in [5.41, 5.74) is 1.68. The fourth-order valence-electron chi connectivity index (χ4n) is 2.54. The lowest BCUT2D eigenvalue weighted by Gasteiger charge is -2.21. The summed E-state index contributed by atoms with van der Waals surface area (Å²) in [5, 5.41) is 13.2. The molecule has 2 aromatic rings. The molecule has 3 N–H and O–H groups in total. The van der Waals surface area contributed by atoms with E-state index in [1.807, 2.05) is 31.2 Å². The molecule has 1 aromatic heterocycles. The first-order valence-electron chi connectivity index (χ1n) is 7.23. The maximum Gasteiger partial charge on any atom is 0.227 e. The zero-order valence-electron chi connectivity index (χ0n) is 12.0. The summed E-state index contributed by atoms with van der Waals surface area (Å²) in [6, 6.07) is 7.63. The molecule has 1 saturated heterocycles. The molecule has 0 radical (unpaired) electrons. The molecule has 21 heavy (non-hydrogen) atoms. The number of amides is 1. The smallest absolute Gasteiger partial charge is 0.227 e. The molecule has 0 aliphatic carbocycles. The van der Waals surface area contributed by atoms with Gasteiger partial charge in [0.1, 0.15) is 5.82 Å². The number of rotatable bonds is 3. The highest BCUT2D eigenvalue weighted by Crippen LogP contribution is 2.21. The van der Waals surface area contributed by atoms with Gasteiger partial charge in [0, 0.05) is 17.2 Å². The molecular formula is C15H19N5O. The summed E-state index contributed by atoms with van der Waals surface area (Å²) >= 11 is 0. The molecule has 6 heteroatoms. The van der Waals surface area contributed by atoms with Gasteiger partial charge in [-0.15, -0.1) is 0 Å². The van der Waals surface area contributed by atoms with Crippen LogP contribution < -0.4 is 10.6 Å². The van der Waals surface area contributed by atoms with Gasteiger partial charge >= 0.3 is 0 Å². The lowest BCUT2D eigenvalue weighted by molar-refractivity contribution is -0.120. The van der Waals surface area contributed by atoms with Crippen molar-refractivity contribution in [1.82, 2.24) is 20.5 Å². The van der Waals surface area contributed by atoms with Crippen molar-refractivity contribution in [3.05, 3.63) is 30.1 Å². The Labute approximate surface area is 123 Å². The Morgan fingerprint density at radius 3 is 2.86 bits per heavy atom. The minimum atomic E-state index is 0.0971. The molecular weight excluding hydrogens is 266 g/mol. The third-order valence-corrected chi connectivity index (χ3v) is 3.70. The maximum atomic E-state index is 12.2. The lowest BCUT2D eigenvalue weighted by Crippen LogP contribution is -2.34. The van der Waals surface area contributed by atoms with E-state index in [1.165, 1.54) is 0 Å². The predicted octanol–water partition coefficient (Wildman–Crippen LogP) is 1.72. The molecule has 6 nitrogen and oxygen atoms in total. The van der Waals surface area contributed by atoms with Crippen LogP contribution in [0.25, 0.3) is 11.4 Å². The molecule has 110 valence electrons. The zero-order chi connectivity index (χ0) is 14.7. The fourth-order valence-corrected chi connectivity index (χ4v) is 2.54. The van der Waals surface area contributed by atoms with Crippen molar-refractivity contribution in [2.75, 3.05) is 18.4 Å². The number of hydrogen-bond acceptors (Lipinski definition) is 4. The van der Waals surface area contributed by atoms with Gasteiger partial charge in [-0.05, 0) is 45.0 Å². The van der Waals surface area contributed by atoms with E-state index in [-0.39, 0.29) is 11.8 Å². The Morgan fingerprint density at radius 1 is 1.33 bits per heavy atom. The second-order valence-electron chi connectivity index (χ2n) is 5.34. The highest BCUT2D eigenvalue weighted by Gasteiger charge is 2.20. The summed E-state index contributed by atoms with van der Waals surface area (Å²) in [6.07, 6.45) is 1.79. The van der Waals surface area contributed by atoms with E-state index < -0.39 is 0 Å². The molecule has 3 rings (SSSR count). The van der Waals surface area contributed by atoms with Crippen molar-refractivity contribution in [2.45, 2.75) is 19.8 Å². The molecule has 0 saturated carbocycles. The number of aromatic nitrogens is 3. The van der Waals surface area contributed by atoms with Gasteiger partial charge in [-0.2, -0.15) is 5.10 Å². The maximum absolute atomic E-state index is 12.2. The molecule has 0 unspecified atom stereocenters. The SMILES string of the molecule is Cc1nc(-c2cccc(NC(=O)C3CCNCC3)c2)n[nH]1. The minimum Gasteiger partial charge on any atom is -0.326 e. The number of hydrogen-bond donors (Lipinski definition) is 3. The minimum absolute atomic E-state index is 0.0971. The second-order valence-corrected chi connectivity index (χ2v) is 5.34. The summed E-state index contributed by atoms with van der Waals surface area (Å²) in [5.74, 6) is 1.61. The summed E-state index contributed by atoms with van der Waals surface area (Å²) < 4.78 is 0. The van der Waals surface area contributed by atoms with Crippen LogP contribution in [0.3, 0.4) is 0 Å². The standard InChI is InChI=1S/C15H19N5O/c1-10-17-14(20-19-10)12-3-2-4-13(9-12)18-15(21)11-5-7-16-8-6-11/h2-4,9,11,16H,5-8H2,1H3,(H,18,21)(H,17,19,20). The third kappa shape index (κ3) is 3.28. The number of piperidine rings is 1. The van der Waals surface area contributed by atoms with Gasteiger partial charge < -0.3 is 10.6 Å². The Bertz CT molecular complexity index is 630. The number of aryl methyl sites for hydroxylation is 1. The predicted molar refractivity (Wildman–Crippen MR) is 80.8 cm³/mol. The number of benzene rings is 1. The monoisotopic (exact) mass is 285 g/mol. The summed E-state index contributed by atoms with van der Waals surface area (Å²) in [7, 11) is 0. The van der Waals surface area contributed by atoms with E-state index in [1.54, 1.807) is 0 Å². The Hall–Kier alpha value is -2.21. The van der Waals surface area contributed by atoms with Crippen LogP contribution >= 0.6 is 0 Å². The largest absolute Gasteiger partial charge is 0.326 e. The van der Waals surface area contributed by atoms with Crippen LogP contribution in [0.2, 0.25) is 0 Å². The van der Waals surface area contributed by atoms with Crippen molar-refractivity contribution in [3.63, 3.8) is 0 Å². The Balaban J connectivity index is 1.72. The average Bonchev–Trinajstić information content (AvgIpc) is 2.95. The van der Waals surface area contributed by atoms with E-state index in [9.17, 15) is 4.79 Å². The third-order valence-electron chi connectivity index (χ3n) is 3.70. The topological polar surface area (TPSA) is 82.7 Å². The van der Waals surface area contributed by atoms with Crippen molar-refractivity contribution < 1.29 is 4.79 Å². The normalized spacial score (nSPS) is 15.9. The number of H-pyrrole nitrogens is 1. The fraction of sp³-hybridized carbons (Fsp3) is 0.400. The van der Waals surface area contributed by atoms with Crippen LogP contribution in [0.1, 0.15) is 18.7 Å². The molecule has 0 bridgehead atoms. The van der Waals surface area contributed by atoms with Gasteiger partial charge in [-0.3, -0.25) is 9.89 Å². The van der Waals surface area contributed by atoms with Crippen molar-refractivity contribution >= 4 is 11.6 Å². The highest BCUT2D eigenvalue weighted by molar-refractivity contribution is 5.93. The Kier molecular flexibility index (Phi) is 3.96. The quantitative estimate of drug-likeness (QED) is 0.802. The zero-order valence-corrected chi connectivity index (χ0v) is 12.0.